The van der Waals surface area contributed by atoms with Crippen LogP contribution in [0, 0.1) is 0 Å². The van der Waals surface area contributed by atoms with E-state index in [4.69, 9.17) is 55.4 Å². The van der Waals surface area contributed by atoms with Gasteiger partial charge in [0.2, 0.25) is 0 Å². The van der Waals surface area contributed by atoms with Crippen LogP contribution >= 0.6 is 26.5 Å². The Bertz CT molecular complexity index is 1590. The van der Waals surface area contributed by atoms with Crippen LogP contribution in [-0.2, 0) is 13.9 Å². The summed E-state index contributed by atoms with van der Waals surface area (Å²) in [4.78, 5) is 44.0. The number of oxime groups is 1. The molecule has 2 heterocycles. The van der Waals surface area contributed by atoms with Crippen molar-refractivity contribution in [2.45, 2.75) is 37.2 Å². The number of aliphatic hydroxyl groups is 1. The highest BCUT2D eigenvalue weighted by Crippen LogP contribution is 2.69. The fraction of sp³-hybridized carbons (Fsp3) is 0.500. The van der Waals surface area contributed by atoms with Crippen LogP contribution in [0.2, 0.25) is 0 Å². The number of nitrogens with zero attached hydrogens (tertiary/aromatic N) is 4. The van der Waals surface area contributed by atoms with Gasteiger partial charge in [-0.15, -0.1) is 11.3 Å². The zero-order valence-electron chi connectivity index (χ0n) is 29.1. The molecule has 1 aliphatic heterocycles. The minimum absolute atomic E-state index is 0.0394. The molecule has 2 aromatic carbocycles. The quantitative estimate of drug-likeness (QED) is 0.0217. The highest BCUT2D eigenvalue weighted by molar-refractivity contribution is 7.72. The molecule has 0 amide bonds. The van der Waals surface area contributed by atoms with Gasteiger partial charge in [-0.25, -0.2) is 4.98 Å². The zero-order chi connectivity index (χ0) is 38.2. The van der Waals surface area contributed by atoms with E-state index in [1.54, 1.807) is 23.5 Å². The average Bonchev–Trinajstić information content (AvgIpc) is 3.63. The van der Waals surface area contributed by atoms with Crippen LogP contribution in [0.1, 0.15) is 37.7 Å². The maximum atomic E-state index is 10.7. The summed E-state index contributed by atoms with van der Waals surface area (Å²) < 4.78 is 38.5. The van der Waals surface area contributed by atoms with Crippen LogP contribution in [0.5, 0.6) is 11.5 Å². The summed E-state index contributed by atoms with van der Waals surface area (Å²) in [6, 6.07) is 15.3. The van der Waals surface area contributed by atoms with E-state index in [9.17, 15) is 14.2 Å². The monoisotopic (exact) mass is 788 g/mol. The Hall–Kier alpha value is -3.12. The molecule has 0 unspecified atom stereocenters. The number of benzene rings is 2. The molecule has 1 aromatic heterocycles. The zero-order valence-corrected chi connectivity index (χ0v) is 31.7. The van der Waals surface area contributed by atoms with Gasteiger partial charge in [0.1, 0.15) is 11.5 Å². The molecule has 0 bridgehead atoms. The van der Waals surface area contributed by atoms with Gasteiger partial charge in [0, 0.05) is 56.2 Å². The molecule has 17 nitrogen and oxygen atoms in total. The molecular formula is C32H50N6O11P2S. The standard InChI is InChI=1S/C28H37N5O4S.C4H13NO7P2/c1-32(13-14-33-15-19-35-20-16-33)28-30-26(21-38-28)22-5-9-24(10-6-22)36-17-3-2-4-18-37-25-11-7-23(8-12-25)27(29)31-34;5-3-1-2-4(6,13(7,8)9)14(10,11)12/h5-12,21,34H,2-4,13-20H2,1H3,(H2,29,31);6H,1-3,5H2,(H2,7,8,9)(H2,10,11,12). The number of amidine groups is 1. The molecule has 1 saturated heterocycles. The van der Waals surface area contributed by atoms with Crippen molar-refractivity contribution in [1.82, 2.24) is 9.88 Å². The maximum absolute atomic E-state index is 10.7. The lowest BCUT2D eigenvalue weighted by Gasteiger charge is -2.28. The molecule has 3 aromatic rings. The number of unbranched alkanes of at least 4 members (excludes halogenated alkanes) is 2. The molecule has 0 atom stereocenters. The second kappa shape index (κ2) is 20.9. The molecule has 1 fully saturated rings. The van der Waals surface area contributed by atoms with Gasteiger partial charge in [-0.3, -0.25) is 14.0 Å². The summed E-state index contributed by atoms with van der Waals surface area (Å²) in [6.45, 7) is 6.92. The van der Waals surface area contributed by atoms with Gasteiger partial charge in [0.25, 0.3) is 5.08 Å². The normalized spacial score (nSPS) is 14.4. The predicted octanol–water partition coefficient (Wildman–Crippen LogP) is 3.03. The van der Waals surface area contributed by atoms with Gasteiger partial charge in [-0.05, 0) is 80.8 Å². The third kappa shape index (κ3) is 13.4. The number of ether oxygens (including phenoxy) is 3. The van der Waals surface area contributed by atoms with Gasteiger partial charge in [-0.1, -0.05) is 5.16 Å². The van der Waals surface area contributed by atoms with Crippen LogP contribution in [0.3, 0.4) is 0 Å². The summed E-state index contributed by atoms with van der Waals surface area (Å²) >= 11 is 1.68. The van der Waals surface area contributed by atoms with Crippen LogP contribution in [0.4, 0.5) is 5.13 Å². The Morgan fingerprint density at radius 1 is 0.962 bits per heavy atom. The minimum Gasteiger partial charge on any atom is -0.494 e. The van der Waals surface area contributed by atoms with Crippen molar-refractivity contribution < 1.29 is 53.2 Å². The molecule has 0 spiro atoms. The van der Waals surface area contributed by atoms with E-state index >= 15 is 0 Å². The van der Waals surface area contributed by atoms with Crippen molar-refractivity contribution in [2.24, 2.45) is 16.6 Å². The van der Waals surface area contributed by atoms with Crippen LogP contribution < -0.4 is 25.8 Å². The molecule has 10 N–H and O–H groups in total. The third-order valence-electron chi connectivity index (χ3n) is 8.06. The Labute approximate surface area is 307 Å². The number of aromatic nitrogens is 1. The first kappa shape index (κ1) is 43.3. The van der Waals surface area contributed by atoms with Crippen LogP contribution in [0.25, 0.3) is 11.3 Å². The first-order valence-corrected chi connectivity index (χ1v) is 20.7. The van der Waals surface area contributed by atoms with Gasteiger partial charge in [0.05, 0.1) is 32.1 Å². The molecule has 0 radical (unpaired) electrons. The van der Waals surface area contributed by atoms with Crippen molar-refractivity contribution in [3.8, 4) is 22.8 Å². The van der Waals surface area contributed by atoms with Crippen molar-refractivity contribution in [3.63, 3.8) is 0 Å². The largest absolute Gasteiger partial charge is 0.494 e. The average molecular weight is 789 g/mol. The first-order valence-electron chi connectivity index (χ1n) is 16.6. The predicted molar refractivity (Wildman–Crippen MR) is 199 cm³/mol. The second-order valence-electron chi connectivity index (χ2n) is 11.9. The Kier molecular flexibility index (Phi) is 17.4. The molecule has 290 valence electrons. The Morgan fingerprint density at radius 3 is 2.04 bits per heavy atom. The number of morpholine rings is 1. The first-order chi connectivity index (χ1) is 24.7. The summed E-state index contributed by atoms with van der Waals surface area (Å²) in [5, 5.41) is 20.8. The topological polar surface area (TPSA) is 267 Å². The van der Waals surface area contributed by atoms with Crippen molar-refractivity contribution in [2.75, 3.05) is 71.1 Å². The molecule has 20 heteroatoms. The van der Waals surface area contributed by atoms with Gasteiger partial charge >= 0.3 is 15.2 Å². The van der Waals surface area contributed by atoms with Crippen LogP contribution in [-0.4, -0.2) is 117 Å². The Balaban J connectivity index is 0.000000442. The van der Waals surface area contributed by atoms with Crippen molar-refractivity contribution in [1.29, 1.82) is 0 Å². The van der Waals surface area contributed by atoms with Crippen molar-refractivity contribution in [3.05, 3.63) is 59.5 Å². The van der Waals surface area contributed by atoms with E-state index in [1.807, 2.05) is 24.3 Å². The number of nitrogens with two attached hydrogens (primary N) is 2. The second-order valence-corrected chi connectivity index (χ2v) is 16.8. The fourth-order valence-corrected chi connectivity index (χ4v) is 7.93. The maximum Gasteiger partial charge on any atom is 0.369 e. The highest BCUT2D eigenvalue weighted by Gasteiger charge is 2.58. The summed E-state index contributed by atoms with van der Waals surface area (Å²) in [6.07, 6.45) is 2.06. The number of anilines is 1. The lowest BCUT2D eigenvalue weighted by molar-refractivity contribution is 0.0393. The molecule has 0 saturated carbocycles. The lowest BCUT2D eigenvalue weighted by Crippen LogP contribution is -2.40. The smallest absolute Gasteiger partial charge is 0.369 e. The Morgan fingerprint density at radius 2 is 1.52 bits per heavy atom. The summed E-state index contributed by atoms with van der Waals surface area (Å²) in [5.74, 6) is 1.72. The van der Waals surface area contributed by atoms with E-state index in [2.05, 4.69) is 39.5 Å². The van der Waals surface area contributed by atoms with E-state index in [0.717, 1.165) is 86.5 Å². The van der Waals surface area contributed by atoms with Gasteiger partial charge in [-0.2, -0.15) is 0 Å². The number of likely N-dealkylation sites (N-methyl/N-ethyl adjacent to an activating group) is 1. The number of hydrogen-bond donors (Lipinski definition) is 8. The van der Waals surface area contributed by atoms with Crippen molar-refractivity contribution >= 4 is 37.5 Å². The van der Waals surface area contributed by atoms with E-state index in [-0.39, 0.29) is 18.8 Å². The van der Waals surface area contributed by atoms with Gasteiger partial charge in [0.15, 0.2) is 11.0 Å². The molecule has 4 rings (SSSR count). The lowest BCUT2D eigenvalue weighted by atomic mass is 10.2. The molecule has 0 aliphatic carbocycles. The number of rotatable bonds is 19. The number of thiazole rings is 1. The minimum atomic E-state index is -5.30. The van der Waals surface area contributed by atoms with E-state index in [1.165, 1.54) is 0 Å². The van der Waals surface area contributed by atoms with Gasteiger partial charge < -0.3 is 60.5 Å². The summed E-state index contributed by atoms with van der Waals surface area (Å²) in [7, 11) is -8.50. The fourth-order valence-electron chi connectivity index (χ4n) is 4.85. The molecule has 1 aliphatic rings. The molecule has 52 heavy (non-hydrogen) atoms. The third-order valence-corrected chi connectivity index (χ3v) is 12.9. The SMILES string of the molecule is CN(CCN1CCOCC1)c1nc(-c2ccc(OCCCCCOc3ccc(/C(N)=N/O)cc3)cc2)cs1.NCCCC(O)(P(=O)(O)O)P(=O)(O)O. The highest BCUT2D eigenvalue weighted by atomic mass is 32.1. The van der Waals surface area contributed by atoms with E-state index < -0.39 is 26.7 Å². The number of hydrogen-bond acceptors (Lipinski definition) is 13. The molecular weight excluding hydrogens is 738 g/mol. The summed E-state index contributed by atoms with van der Waals surface area (Å²) in [5.41, 5.74) is 13.3. The van der Waals surface area contributed by atoms with E-state index in [0.29, 0.717) is 18.8 Å². The van der Waals surface area contributed by atoms with Crippen LogP contribution in [0.15, 0.2) is 59.1 Å².